The average Bonchev–Trinajstić information content (AvgIpc) is 3.05. The molecule has 0 unspecified atom stereocenters. The van der Waals surface area contributed by atoms with E-state index in [2.05, 4.69) is 33.8 Å². The van der Waals surface area contributed by atoms with Gasteiger partial charge in [0.1, 0.15) is 16.5 Å². The van der Waals surface area contributed by atoms with Crippen LogP contribution in [0, 0.1) is 13.8 Å². The van der Waals surface area contributed by atoms with Crippen molar-refractivity contribution in [3.8, 4) is 0 Å². The summed E-state index contributed by atoms with van der Waals surface area (Å²) in [6.45, 7) is 5.10. The second-order valence-electron chi connectivity index (χ2n) is 4.96. The molecular formula is C13H17N3S2. The van der Waals surface area contributed by atoms with E-state index in [0.717, 1.165) is 23.0 Å². The fourth-order valence-corrected chi connectivity index (χ4v) is 3.85. The lowest BCUT2D eigenvalue weighted by molar-refractivity contribution is 0.936. The van der Waals surface area contributed by atoms with Crippen LogP contribution < -0.4 is 5.32 Å². The molecule has 0 saturated heterocycles. The van der Waals surface area contributed by atoms with Crippen LogP contribution in [0.3, 0.4) is 0 Å². The van der Waals surface area contributed by atoms with E-state index in [9.17, 15) is 0 Å². The Morgan fingerprint density at radius 2 is 2.17 bits per heavy atom. The highest BCUT2D eigenvalue weighted by molar-refractivity contribution is 8.00. The highest BCUT2D eigenvalue weighted by Crippen LogP contribution is 2.47. The molecule has 3 rings (SSSR count). The van der Waals surface area contributed by atoms with Gasteiger partial charge in [0.2, 0.25) is 0 Å². The van der Waals surface area contributed by atoms with Gasteiger partial charge in [0.05, 0.1) is 5.39 Å². The van der Waals surface area contributed by atoms with Crippen molar-refractivity contribution in [3.63, 3.8) is 0 Å². The van der Waals surface area contributed by atoms with Gasteiger partial charge < -0.3 is 5.32 Å². The summed E-state index contributed by atoms with van der Waals surface area (Å²) < 4.78 is 0.453. The summed E-state index contributed by atoms with van der Waals surface area (Å²) in [5, 5.41) is 6.90. The lowest BCUT2D eigenvalue weighted by Gasteiger charge is -2.14. The van der Waals surface area contributed by atoms with Crippen LogP contribution in [0.15, 0.2) is 5.38 Å². The molecule has 1 aliphatic rings. The van der Waals surface area contributed by atoms with Crippen molar-refractivity contribution >= 4 is 39.1 Å². The van der Waals surface area contributed by atoms with E-state index in [-0.39, 0.29) is 0 Å². The third-order valence-electron chi connectivity index (χ3n) is 3.55. The molecule has 0 atom stereocenters. The Balaban J connectivity index is 1.92. The maximum absolute atomic E-state index is 4.57. The van der Waals surface area contributed by atoms with Gasteiger partial charge in [-0.05, 0) is 43.9 Å². The molecule has 2 heterocycles. The van der Waals surface area contributed by atoms with Gasteiger partial charge in [-0.2, -0.15) is 11.8 Å². The first-order valence-electron chi connectivity index (χ1n) is 6.15. The molecule has 0 amide bonds. The Kier molecular flexibility index (Phi) is 2.98. The van der Waals surface area contributed by atoms with E-state index in [1.54, 1.807) is 11.3 Å². The normalized spacial score (nSPS) is 17.1. The number of nitrogens with zero attached hydrogens (tertiary/aromatic N) is 2. The van der Waals surface area contributed by atoms with Crippen molar-refractivity contribution in [1.29, 1.82) is 0 Å². The first-order chi connectivity index (χ1) is 8.63. The van der Waals surface area contributed by atoms with E-state index in [0.29, 0.717) is 4.75 Å². The van der Waals surface area contributed by atoms with Crippen molar-refractivity contribution in [2.75, 3.05) is 18.1 Å². The zero-order valence-electron chi connectivity index (χ0n) is 10.9. The predicted octanol–water partition coefficient (Wildman–Crippen LogP) is 3.62. The van der Waals surface area contributed by atoms with Gasteiger partial charge in [-0.1, -0.05) is 0 Å². The molecule has 18 heavy (non-hydrogen) atoms. The van der Waals surface area contributed by atoms with Crippen molar-refractivity contribution in [1.82, 2.24) is 9.97 Å². The summed E-state index contributed by atoms with van der Waals surface area (Å²) in [6, 6.07) is 0. The smallest absolute Gasteiger partial charge is 0.138 e. The van der Waals surface area contributed by atoms with E-state index >= 15 is 0 Å². The van der Waals surface area contributed by atoms with Crippen LogP contribution in [0.5, 0.6) is 0 Å². The van der Waals surface area contributed by atoms with E-state index in [1.165, 1.54) is 23.8 Å². The second-order valence-corrected chi connectivity index (χ2v) is 7.09. The molecule has 5 heteroatoms. The van der Waals surface area contributed by atoms with Gasteiger partial charge in [-0.25, -0.2) is 9.97 Å². The lowest BCUT2D eigenvalue weighted by atomic mass is 10.2. The standard InChI is InChI=1S/C13H17N3S2/c1-8-6-18-12-10(8)11(15-9(2)16-12)14-7-13(17-3)4-5-13/h6H,4-5,7H2,1-3H3,(H,14,15,16). The summed E-state index contributed by atoms with van der Waals surface area (Å²) in [6.07, 6.45) is 4.83. The molecule has 2 aromatic heterocycles. The Hall–Kier alpha value is -0.810. The van der Waals surface area contributed by atoms with Crippen molar-refractivity contribution in [3.05, 3.63) is 16.8 Å². The number of aryl methyl sites for hydroxylation is 2. The molecule has 3 nitrogen and oxygen atoms in total. The summed E-state index contributed by atoms with van der Waals surface area (Å²) in [5.74, 6) is 1.86. The van der Waals surface area contributed by atoms with Crippen LogP contribution in [0.25, 0.3) is 10.2 Å². The molecule has 0 spiro atoms. The third kappa shape index (κ3) is 2.10. The highest BCUT2D eigenvalue weighted by atomic mass is 32.2. The fourth-order valence-electron chi connectivity index (χ4n) is 2.16. The molecule has 1 saturated carbocycles. The summed E-state index contributed by atoms with van der Waals surface area (Å²) in [4.78, 5) is 10.2. The predicted molar refractivity (Wildman–Crippen MR) is 80.9 cm³/mol. The maximum atomic E-state index is 4.57. The highest BCUT2D eigenvalue weighted by Gasteiger charge is 2.41. The van der Waals surface area contributed by atoms with Gasteiger partial charge in [-0.3, -0.25) is 0 Å². The van der Waals surface area contributed by atoms with Crippen LogP contribution in [0.2, 0.25) is 0 Å². The topological polar surface area (TPSA) is 37.8 Å². The van der Waals surface area contributed by atoms with Gasteiger partial charge in [0.15, 0.2) is 0 Å². The van der Waals surface area contributed by atoms with Crippen LogP contribution in [0.4, 0.5) is 5.82 Å². The number of thioether (sulfide) groups is 1. The number of anilines is 1. The quantitative estimate of drug-likeness (QED) is 0.927. The number of hydrogen-bond donors (Lipinski definition) is 1. The molecular weight excluding hydrogens is 262 g/mol. The van der Waals surface area contributed by atoms with Crippen LogP contribution in [-0.2, 0) is 0 Å². The molecule has 0 aromatic carbocycles. The minimum Gasteiger partial charge on any atom is -0.368 e. The number of nitrogens with one attached hydrogen (secondary N) is 1. The molecule has 96 valence electrons. The zero-order valence-corrected chi connectivity index (χ0v) is 12.5. The number of hydrogen-bond acceptors (Lipinski definition) is 5. The monoisotopic (exact) mass is 279 g/mol. The van der Waals surface area contributed by atoms with Crippen molar-refractivity contribution in [2.45, 2.75) is 31.4 Å². The molecule has 0 radical (unpaired) electrons. The Morgan fingerprint density at radius 3 is 2.83 bits per heavy atom. The van der Waals surface area contributed by atoms with E-state index in [4.69, 9.17) is 0 Å². The SMILES string of the molecule is CSC1(CNc2nc(C)nc3scc(C)c23)CC1. The molecule has 0 aliphatic heterocycles. The van der Waals surface area contributed by atoms with Crippen molar-refractivity contribution < 1.29 is 0 Å². The van der Waals surface area contributed by atoms with Crippen LogP contribution in [0.1, 0.15) is 24.2 Å². The second kappa shape index (κ2) is 4.38. The van der Waals surface area contributed by atoms with E-state index in [1.807, 2.05) is 18.7 Å². The Bertz CT molecular complexity index is 587. The molecule has 1 N–H and O–H groups in total. The molecule has 2 aromatic rings. The minimum atomic E-state index is 0.453. The number of thiophene rings is 1. The number of fused-ring (bicyclic) bond motifs is 1. The maximum Gasteiger partial charge on any atom is 0.138 e. The third-order valence-corrected chi connectivity index (χ3v) is 5.96. The average molecular weight is 279 g/mol. The van der Waals surface area contributed by atoms with Gasteiger partial charge in [0, 0.05) is 11.3 Å². The minimum absolute atomic E-state index is 0.453. The van der Waals surface area contributed by atoms with Gasteiger partial charge in [0.25, 0.3) is 0 Å². The molecule has 1 fully saturated rings. The molecule has 1 aliphatic carbocycles. The van der Waals surface area contributed by atoms with Crippen molar-refractivity contribution in [2.24, 2.45) is 0 Å². The van der Waals surface area contributed by atoms with E-state index < -0.39 is 0 Å². The van der Waals surface area contributed by atoms with Gasteiger partial charge in [-0.15, -0.1) is 11.3 Å². The number of rotatable bonds is 4. The Morgan fingerprint density at radius 1 is 1.39 bits per heavy atom. The van der Waals surface area contributed by atoms with Crippen LogP contribution in [-0.4, -0.2) is 27.5 Å². The first-order valence-corrected chi connectivity index (χ1v) is 8.25. The first kappa shape index (κ1) is 12.2. The lowest BCUT2D eigenvalue weighted by Crippen LogP contribution is -2.18. The van der Waals surface area contributed by atoms with Crippen LogP contribution >= 0.6 is 23.1 Å². The summed E-state index contributed by atoms with van der Waals surface area (Å²) in [5.41, 5.74) is 1.27. The number of aromatic nitrogens is 2. The fraction of sp³-hybridized carbons (Fsp3) is 0.538. The largest absolute Gasteiger partial charge is 0.368 e. The Labute approximate surface area is 115 Å². The zero-order chi connectivity index (χ0) is 12.8. The summed E-state index contributed by atoms with van der Waals surface area (Å²) in [7, 11) is 0. The van der Waals surface area contributed by atoms with Gasteiger partial charge >= 0.3 is 0 Å². The molecule has 0 bridgehead atoms. The summed E-state index contributed by atoms with van der Waals surface area (Å²) >= 11 is 3.67.